The smallest absolute Gasteiger partial charge is 0.261 e. The number of sulfonamides is 2. The van der Waals surface area contributed by atoms with Crippen LogP contribution in [0.2, 0.25) is 0 Å². The highest BCUT2D eigenvalue weighted by molar-refractivity contribution is 7.92. The Labute approximate surface area is 154 Å². The molecule has 2 rings (SSSR count). The third kappa shape index (κ3) is 4.00. The van der Waals surface area contributed by atoms with Crippen molar-refractivity contribution in [1.82, 2.24) is 4.31 Å². The van der Waals surface area contributed by atoms with Gasteiger partial charge in [0.05, 0.1) is 17.7 Å². The third-order valence-corrected chi connectivity index (χ3v) is 7.18. The molecule has 1 N–H and O–H groups in total. The molecule has 2 aromatic carbocycles. The maximum atomic E-state index is 12.6. The molecule has 0 saturated carbocycles. The first-order valence-electron chi connectivity index (χ1n) is 7.69. The summed E-state index contributed by atoms with van der Waals surface area (Å²) < 4.78 is 58.7. The molecule has 7 nitrogen and oxygen atoms in total. The molecule has 0 amide bonds. The summed E-state index contributed by atoms with van der Waals surface area (Å²) in [5.41, 5.74) is 1.95. The third-order valence-electron chi connectivity index (χ3n) is 3.96. The van der Waals surface area contributed by atoms with Gasteiger partial charge in [-0.25, -0.2) is 21.1 Å². The van der Waals surface area contributed by atoms with Crippen LogP contribution in [-0.4, -0.2) is 42.3 Å². The lowest BCUT2D eigenvalue weighted by atomic mass is 10.1. The van der Waals surface area contributed by atoms with Gasteiger partial charge in [-0.05, 0) is 55.3 Å². The Kier molecular flexibility index (Phi) is 5.64. The topological polar surface area (TPSA) is 92.8 Å². The second kappa shape index (κ2) is 7.26. The SMILES string of the molecule is COc1ccc(NS(=O)(=O)c2ccc(C)c(C)c2)cc1S(=O)(=O)N(C)C. The molecule has 0 radical (unpaired) electrons. The van der Waals surface area contributed by atoms with Gasteiger partial charge >= 0.3 is 0 Å². The Balaban J connectivity index is 2.48. The lowest BCUT2D eigenvalue weighted by Gasteiger charge is -2.16. The van der Waals surface area contributed by atoms with Gasteiger partial charge in [-0.2, -0.15) is 0 Å². The van der Waals surface area contributed by atoms with Crippen LogP contribution >= 0.6 is 0 Å². The van der Waals surface area contributed by atoms with Gasteiger partial charge in [0.1, 0.15) is 10.6 Å². The largest absolute Gasteiger partial charge is 0.495 e. The molecule has 0 bridgehead atoms. The first-order chi connectivity index (χ1) is 12.0. The van der Waals surface area contributed by atoms with Crippen molar-refractivity contribution in [2.45, 2.75) is 23.6 Å². The highest BCUT2D eigenvalue weighted by atomic mass is 32.2. The van der Waals surface area contributed by atoms with Crippen LogP contribution in [0.25, 0.3) is 0 Å². The van der Waals surface area contributed by atoms with Crippen molar-refractivity contribution in [2.24, 2.45) is 0 Å². The Hall–Kier alpha value is -2.10. The zero-order chi connectivity index (χ0) is 19.7. The summed E-state index contributed by atoms with van der Waals surface area (Å²) in [6.07, 6.45) is 0. The Bertz CT molecular complexity index is 1030. The van der Waals surface area contributed by atoms with Gasteiger partial charge in [0.15, 0.2) is 0 Å². The van der Waals surface area contributed by atoms with Crippen LogP contribution < -0.4 is 9.46 Å². The van der Waals surface area contributed by atoms with E-state index >= 15 is 0 Å². The minimum atomic E-state index is -3.85. The number of rotatable bonds is 6. The van der Waals surface area contributed by atoms with E-state index in [1.165, 1.54) is 45.5 Å². The maximum Gasteiger partial charge on any atom is 0.261 e. The molecule has 0 aromatic heterocycles. The van der Waals surface area contributed by atoms with Gasteiger partial charge in [0.2, 0.25) is 10.0 Å². The molecule has 0 aliphatic rings. The number of methoxy groups -OCH3 is 1. The summed E-state index contributed by atoms with van der Waals surface area (Å²) in [7, 11) is -3.53. The van der Waals surface area contributed by atoms with Crippen molar-refractivity contribution in [2.75, 3.05) is 25.9 Å². The van der Waals surface area contributed by atoms with Crippen molar-refractivity contribution < 1.29 is 21.6 Å². The summed E-state index contributed by atoms with van der Waals surface area (Å²) >= 11 is 0. The van der Waals surface area contributed by atoms with Crippen LogP contribution in [0.3, 0.4) is 0 Å². The molecule has 0 aliphatic carbocycles. The second-order valence-electron chi connectivity index (χ2n) is 6.00. The molecule has 0 saturated heterocycles. The molecule has 0 spiro atoms. The fourth-order valence-electron chi connectivity index (χ4n) is 2.23. The molecule has 9 heteroatoms. The van der Waals surface area contributed by atoms with E-state index in [0.29, 0.717) is 0 Å². The van der Waals surface area contributed by atoms with E-state index in [9.17, 15) is 16.8 Å². The van der Waals surface area contributed by atoms with E-state index in [1.54, 1.807) is 12.1 Å². The number of benzene rings is 2. The van der Waals surface area contributed by atoms with Crippen molar-refractivity contribution in [3.05, 3.63) is 47.5 Å². The van der Waals surface area contributed by atoms with Crippen molar-refractivity contribution in [3.63, 3.8) is 0 Å². The van der Waals surface area contributed by atoms with E-state index in [1.807, 2.05) is 13.8 Å². The van der Waals surface area contributed by atoms with Crippen LogP contribution in [-0.2, 0) is 20.0 Å². The van der Waals surface area contributed by atoms with Crippen LogP contribution in [0.1, 0.15) is 11.1 Å². The monoisotopic (exact) mass is 398 g/mol. The zero-order valence-corrected chi connectivity index (χ0v) is 16.9. The molecule has 0 aliphatic heterocycles. The van der Waals surface area contributed by atoms with Crippen LogP contribution in [0, 0.1) is 13.8 Å². The van der Waals surface area contributed by atoms with Crippen molar-refractivity contribution in [3.8, 4) is 5.75 Å². The molecule has 142 valence electrons. The molecule has 26 heavy (non-hydrogen) atoms. The molecular weight excluding hydrogens is 376 g/mol. The van der Waals surface area contributed by atoms with E-state index in [2.05, 4.69) is 4.72 Å². The highest BCUT2D eigenvalue weighted by Crippen LogP contribution is 2.30. The average Bonchev–Trinajstić information content (AvgIpc) is 2.56. The quantitative estimate of drug-likeness (QED) is 0.806. The molecule has 2 aromatic rings. The number of hydrogen-bond acceptors (Lipinski definition) is 5. The van der Waals surface area contributed by atoms with Gasteiger partial charge in [-0.1, -0.05) is 6.07 Å². The molecular formula is C17H22N2O5S2. The van der Waals surface area contributed by atoms with Crippen molar-refractivity contribution >= 4 is 25.7 Å². The predicted octanol–water partition coefficient (Wildman–Crippen LogP) is 2.36. The first-order valence-corrected chi connectivity index (χ1v) is 10.6. The predicted molar refractivity (Wildman–Crippen MR) is 101 cm³/mol. The van der Waals surface area contributed by atoms with Gasteiger partial charge in [-0.15, -0.1) is 0 Å². The van der Waals surface area contributed by atoms with E-state index in [-0.39, 0.29) is 21.2 Å². The van der Waals surface area contributed by atoms with Gasteiger partial charge in [0.25, 0.3) is 10.0 Å². The standard InChI is InChI=1S/C17H22N2O5S2/c1-12-6-8-15(10-13(12)2)25(20,21)18-14-7-9-16(24-5)17(11-14)26(22,23)19(3)4/h6-11,18H,1-5H3. The second-order valence-corrected chi connectivity index (χ2v) is 9.81. The zero-order valence-electron chi connectivity index (χ0n) is 15.3. The van der Waals surface area contributed by atoms with Crippen LogP contribution in [0.15, 0.2) is 46.2 Å². The van der Waals surface area contributed by atoms with E-state index in [0.717, 1.165) is 15.4 Å². The fourth-order valence-corrected chi connectivity index (χ4v) is 4.44. The van der Waals surface area contributed by atoms with E-state index in [4.69, 9.17) is 4.74 Å². The lowest BCUT2D eigenvalue weighted by Crippen LogP contribution is -2.23. The number of ether oxygens (including phenoxy) is 1. The Morgan fingerprint density at radius 2 is 1.58 bits per heavy atom. The van der Waals surface area contributed by atoms with Crippen LogP contribution in [0.5, 0.6) is 5.75 Å². The normalized spacial score (nSPS) is 12.2. The maximum absolute atomic E-state index is 12.6. The first kappa shape index (κ1) is 20.2. The highest BCUT2D eigenvalue weighted by Gasteiger charge is 2.24. The van der Waals surface area contributed by atoms with Gasteiger partial charge in [-0.3, -0.25) is 4.72 Å². The van der Waals surface area contributed by atoms with E-state index < -0.39 is 20.0 Å². The summed E-state index contributed by atoms with van der Waals surface area (Å²) in [6, 6.07) is 8.90. The number of nitrogens with one attached hydrogen (secondary N) is 1. The summed E-state index contributed by atoms with van der Waals surface area (Å²) in [5, 5.41) is 0. The summed E-state index contributed by atoms with van der Waals surface area (Å²) in [5.74, 6) is 0.132. The number of nitrogens with zero attached hydrogens (tertiary/aromatic N) is 1. The number of hydrogen-bond donors (Lipinski definition) is 1. The minimum Gasteiger partial charge on any atom is -0.495 e. The van der Waals surface area contributed by atoms with Gasteiger partial charge < -0.3 is 4.74 Å². The minimum absolute atomic E-state index is 0.105. The summed E-state index contributed by atoms with van der Waals surface area (Å²) in [6.45, 7) is 3.71. The number of anilines is 1. The lowest BCUT2D eigenvalue weighted by molar-refractivity contribution is 0.400. The molecule has 0 heterocycles. The summed E-state index contributed by atoms with van der Waals surface area (Å²) in [4.78, 5) is -0.0151. The van der Waals surface area contributed by atoms with Crippen molar-refractivity contribution in [1.29, 1.82) is 0 Å². The molecule has 0 fully saturated rings. The Morgan fingerprint density at radius 3 is 2.12 bits per heavy atom. The Morgan fingerprint density at radius 1 is 0.923 bits per heavy atom. The van der Waals surface area contributed by atoms with Crippen LogP contribution in [0.4, 0.5) is 5.69 Å². The molecule has 0 atom stereocenters. The van der Waals surface area contributed by atoms with Gasteiger partial charge in [0, 0.05) is 14.1 Å². The average molecular weight is 399 g/mol. The fraction of sp³-hybridized carbons (Fsp3) is 0.294. The molecule has 0 unspecified atom stereocenters. The number of aryl methyl sites for hydroxylation is 2.